The third kappa shape index (κ3) is 12.7. The zero-order valence-electron chi connectivity index (χ0n) is 29.4. The van der Waals surface area contributed by atoms with Crippen molar-refractivity contribution in [3.63, 3.8) is 0 Å². The molecule has 276 valence electrons. The highest BCUT2D eigenvalue weighted by Gasteiger charge is 2.29. The van der Waals surface area contributed by atoms with Gasteiger partial charge in [-0.1, -0.05) is 115 Å². The molecule has 0 saturated heterocycles. The summed E-state index contributed by atoms with van der Waals surface area (Å²) in [4.78, 5) is 52.8. The first kappa shape index (κ1) is 38.3. The quantitative estimate of drug-likeness (QED) is 0.107. The monoisotopic (exact) mass is 719 g/mol. The molecule has 4 aromatic carbocycles. The van der Waals surface area contributed by atoms with Crippen LogP contribution >= 0.6 is 0 Å². The molecule has 5 rings (SSSR count). The summed E-state index contributed by atoms with van der Waals surface area (Å²) >= 11 is 0. The number of alkyl carbamates (subject to hydrolysis) is 1. The average molecular weight is 720 g/mol. The Hall–Kier alpha value is -5.94. The number of esters is 1. The average Bonchev–Trinajstić information content (AvgIpc) is 3.19. The minimum absolute atomic E-state index is 0.0315. The molecular formula is C42H45N3O8. The fraction of sp³-hybridized carbons (Fsp3) is 0.286. The van der Waals surface area contributed by atoms with Gasteiger partial charge in [-0.25, -0.2) is 9.59 Å². The maximum absolute atomic E-state index is 13.7. The smallest absolute Gasteiger partial charge is 0.408 e. The van der Waals surface area contributed by atoms with E-state index in [1.165, 1.54) is 0 Å². The normalized spacial score (nSPS) is 18.2. The highest BCUT2D eigenvalue weighted by molar-refractivity contribution is 5.86. The first-order chi connectivity index (χ1) is 25.9. The fourth-order valence-corrected chi connectivity index (χ4v) is 5.78. The molecule has 11 nitrogen and oxygen atoms in total. The molecule has 0 saturated carbocycles. The van der Waals surface area contributed by atoms with Crippen LogP contribution in [0.25, 0.3) is 0 Å². The van der Waals surface area contributed by atoms with Crippen molar-refractivity contribution in [3.05, 3.63) is 150 Å². The summed E-state index contributed by atoms with van der Waals surface area (Å²) in [5.74, 6) is -1.52. The number of carbonyl (C=O) groups is 4. The zero-order valence-corrected chi connectivity index (χ0v) is 29.4. The van der Waals surface area contributed by atoms with E-state index in [4.69, 9.17) is 14.2 Å². The van der Waals surface area contributed by atoms with E-state index in [1.807, 2.05) is 91.0 Å². The predicted octanol–water partition coefficient (Wildman–Crippen LogP) is 5.34. The molecule has 0 fully saturated rings. The Morgan fingerprint density at radius 3 is 2.08 bits per heavy atom. The van der Waals surface area contributed by atoms with E-state index >= 15 is 0 Å². The van der Waals surface area contributed by atoms with Crippen molar-refractivity contribution in [1.82, 2.24) is 16.0 Å². The Balaban J connectivity index is 1.20. The van der Waals surface area contributed by atoms with Gasteiger partial charge in [-0.2, -0.15) is 0 Å². The lowest BCUT2D eigenvalue weighted by molar-refractivity contribution is -0.147. The van der Waals surface area contributed by atoms with Crippen molar-refractivity contribution in [3.8, 4) is 5.75 Å². The number of aliphatic hydroxyl groups excluding tert-OH is 1. The van der Waals surface area contributed by atoms with E-state index in [1.54, 1.807) is 36.4 Å². The first-order valence-electron chi connectivity index (χ1n) is 17.7. The summed E-state index contributed by atoms with van der Waals surface area (Å²) in [5.41, 5.74) is 3.45. The second kappa shape index (κ2) is 20.2. The van der Waals surface area contributed by atoms with Crippen LogP contribution < -0.4 is 20.7 Å². The molecule has 0 radical (unpaired) electrons. The topological polar surface area (TPSA) is 152 Å². The molecule has 0 aromatic heterocycles. The van der Waals surface area contributed by atoms with Crippen LogP contribution in [-0.2, 0) is 43.5 Å². The molecule has 3 amide bonds. The second-order valence-electron chi connectivity index (χ2n) is 12.8. The van der Waals surface area contributed by atoms with Gasteiger partial charge in [0.25, 0.3) is 0 Å². The molecule has 0 spiro atoms. The maximum Gasteiger partial charge on any atom is 0.408 e. The van der Waals surface area contributed by atoms with Crippen LogP contribution in [-0.4, -0.2) is 54.3 Å². The highest BCUT2D eigenvalue weighted by atomic mass is 16.6. The number of amides is 3. The van der Waals surface area contributed by atoms with Crippen molar-refractivity contribution in [2.24, 2.45) is 5.92 Å². The third-order valence-electron chi connectivity index (χ3n) is 8.70. The molecule has 53 heavy (non-hydrogen) atoms. The van der Waals surface area contributed by atoms with Crippen LogP contribution in [0.3, 0.4) is 0 Å². The van der Waals surface area contributed by atoms with Crippen LogP contribution in [0.4, 0.5) is 4.79 Å². The standard InChI is InChI=1S/C42H45N3O8/c46-26-35(24-30-20-22-36(23-21-30)51-27-31-12-4-1-5-13-31)43-39(47)25-34-18-10-11-19-37(45-42(50)53-28-32-14-6-2-7-15-32)41(49)52-29-38(44-40(34)48)33-16-8-3-9-17-33/h1-17,20-23,34-35,37-38,46H,18-19,24-29H2,(H,43,47)(H,44,48)(H,45,50)/t34-,35+,37-,38+/m1/s1. The first-order valence-corrected chi connectivity index (χ1v) is 17.7. The number of benzene rings is 4. The predicted molar refractivity (Wildman–Crippen MR) is 198 cm³/mol. The molecule has 0 unspecified atom stereocenters. The minimum atomic E-state index is -1.04. The van der Waals surface area contributed by atoms with Gasteiger partial charge in [0.1, 0.15) is 31.6 Å². The number of cyclic esters (lactones) is 1. The van der Waals surface area contributed by atoms with Crippen LogP contribution in [0.1, 0.15) is 47.6 Å². The van der Waals surface area contributed by atoms with E-state index in [0.29, 0.717) is 24.3 Å². The summed E-state index contributed by atoms with van der Waals surface area (Å²) in [6.07, 6.45) is 3.10. The summed E-state index contributed by atoms with van der Waals surface area (Å²) in [6, 6.07) is 33.2. The molecule has 1 aliphatic heterocycles. The van der Waals surface area contributed by atoms with Crippen LogP contribution in [0.5, 0.6) is 5.75 Å². The molecule has 11 heteroatoms. The Bertz CT molecular complexity index is 1790. The lowest BCUT2D eigenvalue weighted by Crippen LogP contribution is -2.44. The third-order valence-corrected chi connectivity index (χ3v) is 8.70. The largest absolute Gasteiger partial charge is 0.489 e. The molecule has 4 aromatic rings. The van der Waals surface area contributed by atoms with Crippen molar-refractivity contribution >= 4 is 23.9 Å². The van der Waals surface area contributed by atoms with Gasteiger partial charge < -0.3 is 35.3 Å². The molecule has 0 aliphatic carbocycles. The van der Waals surface area contributed by atoms with E-state index in [9.17, 15) is 24.3 Å². The van der Waals surface area contributed by atoms with Crippen LogP contribution in [0, 0.1) is 5.92 Å². The van der Waals surface area contributed by atoms with Gasteiger partial charge >= 0.3 is 12.1 Å². The summed E-state index contributed by atoms with van der Waals surface area (Å²) < 4.78 is 16.8. The Morgan fingerprint density at radius 1 is 0.792 bits per heavy atom. The number of hydrogen-bond donors (Lipinski definition) is 4. The minimum Gasteiger partial charge on any atom is -0.489 e. The number of allylic oxidation sites excluding steroid dienone is 1. The number of hydrogen-bond acceptors (Lipinski definition) is 8. The summed E-state index contributed by atoms with van der Waals surface area (Å²) in [5, 5.41) is 18.5. The SMILES string of the molecule is O=C(C[C@H]1CC=CC[C@@H](NC(=O)OCc2ccccc2)C(=O)OC[C@@H](c2ccccc2)NC1=O)N[C@H](CO)Cc1ccc(OCc2ccccc2)cc1. The Labute approximate surface area is 309 Å². The van der Waals surface area contributed by atoms with Gasteiger partial charge in [0, 0.05) is 6.42 Å². The van der Waals surface area contributed by atoms with Gasteiger partial charge in [-0.15, -0.1) is 0 Å². The Morgan fingerprint density at radius 2 is 1.42 bits per heavy atom. The summed E-state index contributed by atoms with van der Waals surface area (Å²) in [6.45, 7) is -0.0167. The highest BCUT2D eigenvalue weighted by Crippen LogP contribution is 2.20. The summed E-state index contributed by atoms with van der Waals surface area (Å²) in [7, 11) is 0. The molecule has 4 N–H and O–H groups in total. The van der Waals surface area contributed by atoms with Crippen molar-refractivity contribution < 1.29 is 38.5 Å². The van der Waals surface area contributed by atoms with Gasteiger partial charge in [0.2, 0.25) is 11.8 Å². The number of rotatable bonds is 13. The van der Waals surface area contributed by atoms with E-state index in [0.717, 1.165) is 16.7 Å². The second-order valence-corrected chi connectivity index (χ2v) is 12.8. The van der Waals surface area contributed by atoms with Gasteiger partial charge in [0.05, 0.1) is 24.6 Å². The zero-order chi connectivity index (χ0) is 37.3. The number of carbonyl (C=O) groups excluding carboxylic acids is 4. The van der Waals surface area contributed by atoms with Gasteiger partial charge in [-0.05, 0) is 53.6 Å². The van der Waals surface area contributed by atoms with Crippen molar-refractivity contribution in [1.29, 1.82) is 0 Å². The molecule has 1 aliphatic rings. The Kier molecular flexibility index (Phi) is 14.6. The van der Waals surface area contributed by atoms with Gasteiger partial charge in [0.15, 0.2) is 0 Å². The number of aliphatic hydroxyl groups is 1. The van der Waals surface area contributed by atoms with E-state index in [-0.39, 0.29) is 45.0 Å². The van der Waals surface area contributed by atoms with Crippen LogP contribution in [0.15, 0.2) is 127 Å². The fourth-order valence-electron chi connectivity index (χ4n) is 5.78. The maximum atomic E-state index is 13.7. The van der Waals surface area contributed by atoms with Gasteiger partial charge in [-0.3, -0.25) is 9.59 Å². The molecule has 0 bridgehead atoms. The molecular weight excluding hydrogens is 674 g/mol. The van der Waals surface area contributed by atoms with Crippen LogP contribution in [0.2, 0.25) is 0 Å². The number of ether oxygens (including phenoxy) is 3. The molecule has 4 atom stereocenters. The van der Waals surface area contributed by atoms with E-state index < -0.39 is 42.0 Å². The lowest BCUT2D eigenvalue weighted by Gasteiger charge is -2.25. The van der Waals surface area contributed by atoms with E-state index in [2.05, 4.69) is 16.0 Å². The van der Waals surface area contributed by atoms with Crippen molar-refractivity contribution in [2.75, 3.05) is 13.2 Å². The van der Waals surface area contributed by atoms with Crippen molar-refractivity contribution in [2.45, 2.75) is 57.0 Å². The lowest BCUT2D eigenvalue weighted by atomic mass is 9.97. The molecule has 1 heterocycles. The number of nitrogens with one attached hydrogen (secondary N) is 3.